The lowest BCUT2D eigenvalue weighted by molar-refractivity contribution is 0.200. The van der Waals surface area contributed by atoms with Crippen LogP contribution in [-0.4, -0.2) is 39.2 Å². The summed E-state index contributed by atoms with van der Waals surface area (Å²) in [5, 5.41) is 10.4. The molecule has 1 aromatic carbocycles. The highest BCUT2D eigenvalue weighted by molar-refractivity contribution is 7.19. The number of likely N-dealkylation sites (tertiary alicyclic amines) is 1. The van der Waals surface area contributed by atoms with E-state index in [2.05, 4.69) is 15.5 Å². The zero-order chi connectivity index (χ0) is 21.1. The molecular formula is C22H25N5O2S. The molecule has 0 spiro atoms. The van der Waals surface area contributed by atoms with Gasteiger partial charge in [-0.05, 0) is 30.7 Å². The number of amides is 2. The first kappa shape index (κ1) is 20.3. The predicted molar refractivity (Wildman–Crippen MR) is 120 cm³/mol. The Morgan fingerprint density at radius 1 is 1.13 bits per heavy atom. The second-order valence-corrected chi connectivity index (χ2v) is 8.73. The van der Waals surface area contributed by atoms with Crippen molar-refractivity contribution in [3.63, 3.8) is 0 Å². The van der Waals surface area contributed by atoms with E-state index < -0.39 is 0 Å². The average molecular weight is 424 g/mol. The molecule has 2 N–H and O–H groups in total. The van der Waals surface area contributed by atoms with Crippen LogP contribution < -0.4 is 10.9 Å². The topological polar surface area (TPSA) is 91.0 Å². The summed E-state index contributed by atoms with van der Waals surface area (Å²) in [4.78, 5) is 32.0. The van der Waals surface area contributed by atoms with Gasteiger partial charge in [-0.25, -0.2) is 14.9 Å². The van der Waals surface area contributed by atoms with Crippen LogP contribution in [0.2, 0.25) is 0 Å². The van der Waals surface area contributed by atoms with Gasteiger partial charge < -0.3 is 4.90 Å². The zero-order valence-electron chi connectivity index (χ0n) is 17.1. The van der Waals surface area contributed by atoms with Gasteiger partial charge in [0.2, 0.25) is 0 Å². The smallest absolute Gasteiger partial charge is 0.323 e. The molecule has 30 heavy (non-hydrogen) atoms. The third-order valence-corrected chi connectivity index (χ3v) is 6.18. The summed E-state index contributed by atoms with van der Waals surface area (Å²) in [6.07, 6.45) is 3.23. The van der Waals surface area contributed by atoms with Crippen molar-refractivity contribution in [1.82, 2.24) is 20.1 Å². The third-order valence-electron chi connectivity index (χ3n) is 5.21. The van der Waals surface area contributed by atoms with Gasteiger partial charge in [0.15, 0.2) is 5.13 Å². The largest absolute Gasteiger partial charge is 0.324 e. The summed E-state index contributed by atoms with van der Waals surface area (Å²) in [5.74, 6) is 0.118. The number of thiazole rings is 1. The maximum atomic E-state index is 12.7. The lowest BCUT2D eigenvalue weighted by atomic mass is 10.00. The van der Waals surface area contributed by atoms with Crippen LogP contribution in [0.3, 0.4) is 0 Å². The summed E-state index contributed by atoms with van der Waals surface area (Å²) >= 11 is 1.38. The molecule has 0 saturated carbocycles. The molecule has 3 heterocycles. The van der Waals surface area contributed by atoms with Crippen LogP contribution in [0, 0.1) is 0 Å². The SMILES string of the molecule is CC(C)c1cc(=O)[nH]nc1-c1sc(NC(=O)N2CCCCC2)nc1-c1ccccc1. The normalized spacial score (nSPS) is 14.2. The van der Waals surface area contributed by atoms with Crippen LogP contribution in [-0.2, 0) is 0 Å². The van der Waals surface area contributed by atoms with Crippen molar-refractivity contribution in [2.75, 3.05) is 18.4 Å². The van der Waals surface area contributed by atoms with Crippen LogP contribution in [0.15, 0.2) is 41.2 Å². The number of piperidine rings is 1. The van der Waals surface area contributed by atoms with E-state index in [0.717, 1.165) is 47.6 Å². The van der Waals surface area contributed by atoms with Gasteiger partial charge in [0.25, 0.3) is 5.56 Å². The van der Waals surface area contributed by atoms with Gasteiger partial charge >= 0.3 is 6.03 Å². The molecule has 3 aromatic rings. The molecule has 7 nitrogen and oxygen atoms in total. The van der Waals surface area contributed by atoms with E-state index in [0.29, 0.717) is 10.8 Å². The van der Waals surface area contributed by atoms with Gasteiger partial charge in [0.05, 0.1) is 10.6 Å². The van der Waals surface area contributed by atoms with Crippen LogP contribution in [0.5, 0.6) is 0 Å². The van der Waals surface area contributed by atoms with Crippen molar-refractivity contribution in [2.45, 2.75) is 39.0 Å². The Labute approximate surface area is 179 Å². The van der Waals surface area contributed by atoms with E-state index in [1.807, 2.05) is 49.1 Å². The van der Waals surface area contributed by atoms with E-state index in [1.165, 1.54) is 17.8 Å². The number of aromatic amines is 1. The van der Waals surface area contributed by atoms with Gasteiger partial charge in [-0.15, -0.1) is 0 Å². The monoisotopic (exact) mass is 423 g/mol. The van der Waals surface area contributed by atoms with Gasteiger partial charge in [0.1, 0.15) is 5.69 Å². The Balaban J connectivity index is 1.76. The van der Waals surface area contributed by atoms with E-state index in [1.54, 1.807) is 6.07 Å². The van der Waals surface area contributed by atoms with E-state index in [-0.39, 0.29) is 17.5 Å². The molecular weight excluding hydrogens is 398 g/mol. The minimum Gasteiger partial charge on any atom is -0.324 e. The molecule has 2 aromatic heterocycles. The number of carbonyl (C=O) groups is 1. The molecule has 0 aliphatic carbocycles. The van der Waals surface area contributed by atoms with Gasteiger partial charge in [-0.3, -0.25) is 10.1 Å². The molecule has 0 unspecified atom stereocenters. The minimum atomic E-state index is -0.230. The Hall–Kier alpha value is -3.00. The fourth-order valence-corrected chi connectivity index (χ4v) is 4.62. The Kier molecular flexibility index (Phi) is 5.94. The number of aromatic nitrogens is 3. The first-order valence-corrected chi connectivity index (χ1v) is 11.1. The van der Waals surface area contributed by atoms with E-state index >= 15 is 0 Å². The first-order valence-electron chi connectivity index (χ1n) is 10.2. The fraction of sp³-hybridized carbons (Fsp3) is 0.364. The highest BCUT2D eigenvalue weighted by Gasteiger charge is 2.23. The molecule has 156 valence electrons. The number of anilines is 1. The standard InChI is InChI=1S/C22H25N5O2S/c1-14(2)16-13-17(28)25-26-19(16)20-18(15-9-5-3-6-10-15)23-21(30-20)24-22(29)27-11-7-4-8-12-27/h3,5-6,9-10,13-14H,4,7-8,11-12H2,1-2H3,(H,25,28)(H,23,24,29). The number of benzene rings is 1. The van der Waals surface area contributed by atoms with Crippen LogP contribution in [0.1, 0.15) is 44.6 Å². The number of H-pyrrole nitrogens is 1. The third kappa shape index (κ3) is 4.28. The molecule has 1 saturated heterocycles. The lowest BCUT2D eigenvalue weighted by Gasteiger charge is -2.26. The second kappa shape index (κ2) is 8.79. The number of urea groups is 1. The maximum Gasteiger partial charge on any atom is 0.323 e. The van der Waals surface area contributed by atoms with Crippen molar-refractivity contribution >= 4 is 22.5 Å². The van der Waals surface area contributed by atoms with Crippen LogP contribution >= 0.6 is 11.3 Å². The predicted octanol–water partition coefficient (Wildman–Crippen LogP) is 4.70. The molecule has 1 aliphatic rings. The Bertz CT molecular complexity index is 1080. The fourth-order valence-electron chi connectivity index (χ4n) is 3.63. The van der Waals surface area contributed by atoms with Crippen molar-refractivity contribution in [2.24, 2.45) is 0 Å². The van der Waals surface area contributed by atoms with Gasteiger partial charge in [-0.2, -0.15) is 5.10 Å². The minimum absolute atomic E-state index is 0.117. The van der Waals surface area contributed by atoms with Crippen LogP contribution in [0.4, 0.5) is 9.93 Å². The number of hydrogen-bond acceptors (Lipinski definition) is 5. The highest BCUT2D eigenvalue weighted by atomic mass is 32.1. The average Bonchev–Trinajstić information content (AvgIpc) is 3.18. The lowest BCUT2D eigenvalue weighted by Crippen LogP contribution is -2.38. The molecule has 2 amide bonds. The summed E-state index contributed by atoms with van der Waals surface area (Å²) in [7, 11) is 0. The van der Waals surface area contributed by atoms with Gasteiger partial charge in [-0.1, -0.05) is 55.5 Å². The highest BCUT2D eigenvalue weighted by Crippen LogP contribution is 2.40. The molecule has 1 fully saturated rings. The van der Waals surface area contributed by atoms with Crippen molar-refractivity contribution in [3.05, 3.63) is 52.3 Å². The number of carbonyl (C=O) groups excluding carboxylic acids is 1. The summed E-state index contributed by atoms with van der Waals surface area (Å²) in [5.41, 5.74) is 3.00. The van der Waals surface area contributed by atoms with Gasteiger partial charge in [0, 0.05) is 24.7 Å². The number of rotatable bonds is 4. The van der Waals surface area contributed by atoms with E-state index in [4.69, 9.17) is 4.98 Å². The summed E-state index contributed by atoms with van der Waals surface area (Å²) in [6, 6.07) is 11.3. The first-order chi connectivity index (χ1) is 14.5. The summed E-state index contributed by atoms with van der Waals surface area (Å²) < 4.78 is 0. The number of hydrogen-bond donors (Lipinski definition) is 2. The Morgan fingerprint density at radius 3 is 2.57 bits per heavy atom. The van der Waals surface area contributed by atoms with Crippen molar-refractivity contribution in [3.8, 4) is 21.8 Å². The number of nitrogens with zero attached hydrogens (tertiary/aromatic N) is 3. The van der Waals surface area contributed by atoms with Crippen LogP contribution in [0.25, 0.3) is 21.8 Å². The molecule has 0 bridgehead atoms. The molecule has 0 atom stereocenters. The maximum absolute atomic E-state index is 12.7. The van der Waals surface area contributed by atoms with Crippen molar-refractivity contribution < 1.29 is 4.79 Å². The van der Waals surface area contributed by atoms with Crippen molar-refractivity contribution in [1.29, 1.82) is 0 Å². The Morgan fingerprint density at radius 2 is 1.87 bits per heavy atom. The quantitative estimate of drug-likeness (QED) is 0.636. The molecule has 1 aliphatic heterocycles. The summed E-state index contributed by atoms with van der Waals surface area (Å²) in [6.45, 7) is 5.60. The molecule has 8 heteroatoms. The molecule has 4 rings (SSSR count). The molecule has 0 radical (unpaired) electrons. The van der Waals surface area contributed by atoms with E-state index in [9.17, 15) is 9.59 Å². The number of nitrogens with one attached hydrogen (secondary N) is 2. The zero-order valence-corrected chi connectivity index (χ0v) is 18.0. The second-order valence-electron chi connectivity index (χ2n) is 7.73.